The summed E-state index contributed by atoms with van der Waals surface area (Å²) >= 11 is 0. The summed E-state index contributed by atoms with van der Waals surface area (Å²) in [5, 5.41) is 0. The molecule has 0 amide bonds. The van der Waals surface area contributed by atoms with Gasteiger partial charge in [0, 0.05) is 12.2 Å². The molecule has 0 radical (unpaired) electrons. The van der Waals surface area contributed by atoms with Gasteiger partial charge in [-0.3, -0.25) is 0 Å². The number of esters is 1. The fourth-order valence-electron chi connectivity index (χ4n) is 2.48. The van der Waals surface area contributed by atoms with E-state index in [0.717, 1.165) is 19.4 Å². The fourth-order valence-corrected chi connectivity index (χ4v) is 2.48. The van der Waals surface area contributed by atoms with Crippen LogP contribution in [0.1, 0.15) is 39.7 Å². The molecule has 0 fully saturated rings. The van der Waals surface area contributed by atoms with Gasteiger partial charge >= 0.3 is 5.97 Å². The lowest BCUT2D eigenvalue weighted by molar-refractivity contribution is -0.156. The highest BCUT2D eigenvalue weighted by Crippen LogP contribution is 2.29. The van der Waals surface area contributed by atoms with Gasteiger partial charge in [0.2, 0.25) is 0 Å². The van der Waals surface area contributed by atoms with E-state index in [0.29, 0.717) is 0 Å². The van der Waals surface area contributed by atoms with Crippen LogP contribution in [0.5, 0.6) is 0 Å². The van der Waals surface area contributed by atoms with Gasteiger partial charge < -0.3 is 9.64 Å². The Bertz CT molecular complexity index is 462. The molecule has 1 unspecified atom stereocenters. The third-order valence-electron chi connectivity index (χ3n) is 3.36. The van der Waals surface area contributed by atoms with Gasteiger partial charge in [-0.05, 0) is 52.2 Å². The standard InChI is InChI=1S/C16H23NO2/c1-12(15(18)19-16(2,3)4)17-11-7-9-13-8-5-6-10-14(13)17/h5-6,8,10,12H,7,9,11H2,1-4H3. The Hall–Kier alpha value is -1.51. The zero-order chi connectivity index (χ0) is 14.0. The molecule has 0 spiro atoms. The number of fused-ring (bicyclic) bond motifs is 1. The summed E-state index contributed by atoms with van der Waals surface area (Å²) in [6, 6.07) is 8.08. The number of anilines is 1. The van der Waals surface area contributed by atoms with E-state index in [-0.39, 0.29) is 12.0 Å². The zero-order valence-electron chi connectivity index (χ0n) is 12.3. The molecule has 19 heavy (non-hydrogen) atoms. The molecule has 2 rings (SSSR count). The Morgan fingerprint density at radius 2 is 2.00 bits per heavy atom. The maximum Gasteiger partial charge on any atom is 0.328 e. The van der Waals surface area contributed by atoms with Crippen LogP contribution in [0.25, 0.3) is 0 Å². The quantitative estimate of drug-likeness (QED) is 0.766. The van der Waals surface area contributed by atoms with Crippen LogP contribution < -0.4 is 4.90 Å². The van der Waals surface area contributed by atoms with Gasteiger partial charge in [0.05, 0.1) is 0 Å². The number of ether oxygens (including phenoxy) is 1. The predicted molar refractivity (Wildman–Crippen MR) is 77.4 cm³/mol. The maximum atomic E-state index is 12.2. The minimum Gasteiger partial charge on any atom is -0.458 e. The van der Waals surface area contributed by atoms with Crippen molar-refractivity contribution in [3.63, 3.8) is 0 Å². The number of nitrogens with zero attached hydrogens (tertiary/aromatic N) is 1. The van der Waals surface area contributed by atoms with Gasteiger partial charge in [-0.15, -0.1) is 0 Å². The molecule has 1 aliphatic heterocycles. The summed E-state index contributed by atoms with van der Waals surface area (Å²) in [5.41, 5.74) is 2.07. The van der Waals surface area contributed by atoms with Gasteiger partial charge in [-0.25, -0.2) is 4.79 Å². The third kappa shape index (κ3) is 3.28. The first kappa shape index (κ1) is 13.9. The second-order valence-corrected chi connectivity index (χ2v) is 6.14. The molecule has 0 bridgehead atoms. The van der Waals surface area contributed by atoms with Crippen molar-refractivity contribution in [3.05, 3.63) is 29.8 Å². The molecule has 1 heterocycles. The molecular formula is C16H23NO2. The molecule has 1 aromatic carbocycles. The van der Waals surface area contributed by atoms with Gasteiger partial charge in [0.15, 0.2) is 0 Å². The molecule has 0 saturated heterocycles. The number of para-hydroxylation sites is 1. The van der Waals surface area contributed by atoms with Crippen molar-refractivity contribution >= 4 is 11.7 Å². The highest BCUT2D eigenvalue weighted by atomic mass is 16.6. The molecule has 0 aromatic heterocycles. The van der Waals surface area contributed by atoms with E-state index in [4.69, 9.17) is 4.74 Å². The lowest BCUT2D eigenvalue weighted by atomic mass is 10.0. The van der Waals surface area contributed by atoms with Crippen molar-refractivity contribution in [2.24, 2.45) is 0 Å². The Labute approximate surface area is 115 Å². The fraction of sp³-hybridized carbons (Fsp3) is 0.562. The predicted octanol–water partition coefficient (Wildman–Crippen LogP) is 3.17. The largest absolute Gasteiger partial charge is 0.458 e. The van der Waals surface area contributed by atoms with Crippen LogP contribution >= 0.6 is 0 Å². The Morgan fingerprint density at radius 1 is 1.32 bits per heavy atom. The van der Waals surface area contributed by atoms with Crippen LogP contribution in [0, 0.1) is 0 Å². The second kappa shape index (κ2) is 5.24. The van der Waals surface area contributed by atoms with Gasteiger partial charge in [-0.2, -0.15) is 0 Å². The molecule has 1 aromatic rings. The topological polar surface area (TPSA) is 29.5 Å². The number of hydrogen-bond donors (Lipinski definition) is 0. The van der Waals surface area contributed by atoms with Crippen molar-refractivity contribution in [2.45, 2.75) is 52.2 Å². The van der Waals surface area contributed by atoms with Crippen molar-refractivity contribution in [1.82, 2.24) is 0 Å². The highest BCUT2D eigenvalue weighted by molar-refractivity contribution is 5.80. The summed E-state index contributed by atoms with van der Waals surface area (Å²) in [6.45, 7) is 8.55. The highest BCUT2D eigenvalue weighted by Gasteiger charge is 2.29. The van der Waals surface area contributed by atoms with Crippen molar-refractivity contribution in [3.8, 4) is 0 Å². The van der Waals surface area contributed by atoms with Gasteiger partial charge in [0.1, 0.15) is 11.6 Å². The number of rotatable bonds is 2. The van der Waals surface area contributed by atoms with Crippen molar-refractivity contribution in [2.75, 3.05) is 11.4 Å². The molecule has 1 atom stereocenters. The molecule has 0 saturated carbocycles. The summed E-state index contributed by atoms with van der Waals surface area (Å²) < 4.78 is 5.49. The summed E-state index contributed by atoms with van der Waals surface area (Å²) in [5.74, 6) is -0.149. The zero-order valence-corrected chi connectivity index (χ0v) is 12.3. The minimum atomic E-state index is -0.430. The van der Waals surface area contributed by atoms with Crippen LogP contribution in [0.3, 0.4) is 0 Å². The Morgan fingerprint density at radius 3 is 2.68 bits per heavy atom. The van der Waals surface area contributed by atoms with Crippen LogP contribution in [0.4, 0.5) is 5.69 Å². The second-order valence-electron chi connectivity index (χ2n) is 6.14. The van der Waals surface area contributed by atoms with E-state index in [2.05, 4.69) is 23.1 Å². The van der Waals surface area contributed by atoms with E-state index in [1.54, 1.807) is 0 Å². The van der Waals surface area contributed by atoms with Gasteiger partial charge in [0.25, 0.3) is 0 Å². The lowest BCUT2D eigenvalue weighted by Crippen LogP contribution is -2.45. The van der Waals surface area contributed by atoms with Crippen LogP contribution in [0.15, 0.2) is 24.3 Å². The van der Waals surface area contributed by atoms with E-state index in [1.807, 2.05) is 33.8 Å². The van der Waals surface area contributed by atoms with Crippen molar-refractivity contribution < 1.29 is 9.53 Å². The third-order valence-corrected chi connectivity index (χ3v) is 3.36. The van der Waals surface area contributed by atoms with Crippen LogP contribution in [0.2, 0.25) is 0 Å². The maximum absolute atomic E-state index is 12.2. The average molecular weight is 261 g/mol. The van der Waals surface area contributed by atoms with E-state index < -0.39 is 5.60 Å². The monoisotopic (exact) mass is 261 g/mol. The first-order valence-corrected chi connectivity index (χ1v) is 6.96. The molecule has 3 heteroatoms. The minimum absolute atomic E-state index is 0.149. The lowest BCUT2D eigenvalue weighted by Gasteiger charge is -2.36. The van der Waals surface area contributed by atoms with E-state index in [1.165, 1.54) is 11.3 Å². The Balaban J connectivity index is 2.17. The van der Waals surface area contributed by atoms with Crippen LogP contribution in [-0.2, 0) is 16.0 Å². The number of carbonyl (C=O) groups excluding carboxylic acids is 1. The van der Waals surface area contributed by atoms with Gasteiger partial charge in [-0.1, -0.05) is 18.2 Å². The van der Waals surface area contributed by atoms with Crippen LogP contribution in [-0.4, -0.2) is 24.2 Å². The number of carbonyl (C=O) groups is 1. The average Bonchev–Trinajstić information content (AvgIpc) is 2.35. The summed E-state index contributed by atoms with van der Waals surface area (Å²) in [4.78, 5) is 14.4. The molecule has 0 N–H and O–H groups in total. The van der Waals surface area contributed by atoms with E-state index >= 15 is 0 Å². The van der Waals surface area contributed by atoms with E-state index in [9.17, 15) is 4.79 Å². The SMILES string of the molecule is CC(C(=O)OC(C)(C)C)N1CCCc2ccccc21. The number of hydrogen-bond acceptors (Lipinski definition) is 3. The number of benzene rings is 1. The smallest absolute Gasteiger partial charge is 0.328 e. The molecular weight excluding hydrogens is 238 g/mol. The molecule has 0 aliphatic carbocycles. The summed E-state index contributed by atoms with van der Waals surface area (Å²) in [7, 11) is 0. The molecule has 1 aliphatic rings. The summed E-state index contributed by atoms with van der Waals surface area (Å²) in [6.07, 6.45) is 2.18. The Kier molecular flexibility index (Phi) is 3.83. The molecule has 104 valence electrons. The molecule has 3 nitrogen and oxygen atoms in total. The first-order valence-electron chi connectivity index (χ1n) is 6.96. The number of aryl methyl sites for hydroxylation is 1. The van der Waals surface area contributed by atoms with Crippen molar-refractivity contribution in [1.29, 1.82) is 0 Å². The normalized spacial score (nSPS) is 16.7. The first-order chi connectivity index (χ1) is 8.88.